The number of amides is 2. The molecule has 2 heterocycles. The highest BCUT2D eigenvalue weighted by Crippen LogP contribution is 2.35. The van der Waals surface area contributed by atoms with Crippen molar-refractivity contribution < 1.29 is 23.1 Å². The van der Waals surface area contributed by atoms with E-state index in [-0.39, 0.29) is 18.9 Å². The number of nitrogens with one attached hydrogen (secondary N) is 2. The van der Waals surface area contributed by atoms with Crippen LogP contribution in [0.5, 0.6) is 0 Å². The van der Waals surface area contributed by atoms with E-state index in [1.165, 1.54) is 12.1 Å². The van der Waals surface area contributed by atoms with Gasteiger partial charge < -0.3 is 15.4 Å². The summed E-state index contributed by atoms with van der Waals surface area (Å²) in [5.41, 5.74) is 3.30. The Hall–Kier alpha value is -3.81. The molecular weight excluding hydrogens is 440 g/mol. The Morgan fingerprint density at radius 1 is 1.15 bits per heavy atom. The van der Waals surface area contributed by atoms with Crippen molar-refractivity contribution in [2.75, 3.05) is 11.9 Å². The number of anilines is 1. The first-order valence-corrected chi connectivity index (χ1v) is 10.9. The number of hydrogen-bond acceptors (Lipinski definition) is 4. The number of rotatable bonds is 5. The number of pyridine rings is 1. The van der Waals surface area contributed by atoms with Gasteiger partial charge in [-0.3, -0.25) is 9.78 Å². The lowest BCUT2D eigenvalue weighted by Crippen LogP contribution is -2.35. The number of aromatic nitrogens is 1. The number of fused-ring (bicyclic) bond motifs is 1. The summed E-state index contributed by atoms with van der Waals surface area (Å²) in [6.45, 7) is 5.25. The minimum absolute atomic E-state index is 0.00675. The molecule has 34 heavy (non-hydrogen) atoms. The van der Waals surface area contributed by atoms with Crippen LogP contribution in [-0.4, -0.2) is 29.1 Å². The molecule has 2 N–H and O–H groups in total. The zero-order valence-corrected chi connectivity index (χ0v) is 19.1. The van der Waals surface area contributed by atoms with Gasteiger partial charge in [-0.25, -0.2) is 13.6 Å². The van der Waals surface area contributed by atoms with Crippen molar-refractivity contribution in [1.82, 2.24) is 10.3 Å². The molecule has 0 spiro atoms. The van der Waals surface area contributed by atoms with E-state index in [4.69, 9.17) is 4.74 Å². The van der Waals surface area contributed by atoms with Crippen molar-refractivity contribution in [2.24, 2.45) is 0 Å². The van der Waals surface area contributed by atoms with Gasteiger partial charge in [0.05, 0.1) is 12.1 Å². The van der Waals surface area contributed by atoms with Gasteiger partial charge in [-0.15, -0.1) is 0 Å². The van der Waals surface area contributed by atoms with Crippen LogP contribution in [0, 0.1) is 11.6 Å². The maximum absolute atomic E-state index is 14.1. The number of hydrogen-bond donors (Lipinski definition) is 2. The molecule has 0 saturated heterocycles. The van der Waals surface area contributed by atoms with E-state index in [0.29, 0.717) is 11.3 Å². The predicted molar refractivity (Wildman–Crippen MR) is 124 cm³/mol. The number of benzene rings is 2. The fourth-order valence-electron chi connectivity index (χ4n) is 3.98. The van der Waals surface area contributed by atoms with E-state index in [2.05, 4.69) is 15.6 Å². The minimum atomic E-state index is -0.725. The Morgan fingerprint density at radius 3 is 2.59 bits per heavy atom. The first-order valence-electron chi connectivity index (χ1n) is 10.9. The lowest BCUT2D eigenvalue weighted by Gasteiger charge is -2.23. The van der Waals surface area contributed by atoms with Gasteiger partial charge in [-0.2, -0.15) is 0 Å². The van der Waals surface area contributed by atoms with Gasteiger partial charge in [0, 0.05) is 36.0 Å². The molecular formula is C26H25F2N3O3. The largest absolute Gasteiger partial charge is 0.444 e. The van der Waals surface area contributed by atoms with E-state index in [1.54, 1.807) is 33.0 Å². The Labute approximate surface area is 196 Å². The highest BCUT2D eigenvalue weighted by molar-refractivity contribution is 5.99. The number of carbonyl (C=O) groups excluding carboxylic acids is 2. The number of alkyl carbamates (subject to hydrolysis) is 1. The Morgan fingerprint density at radius 2 is 1.88 bits per heavy atom. The molecule has 1 atom stereocenters. The van der Waals surface area contributed by atoms with Crippen LogP contribution in [-0.2, 0) is 16.0 Å². The topological polar surface area (TPSA) is 80.3 Å². The van der Waals surface area contributed by atoms with Crippen molar-refractivity contribution in [3.63, 3.8) is 0 Å². The van der Waals surface area contributed by atoms with Gasteiger partial charge in [-0.05, 0) is 67.8 Å². The first kappa shape index (κ1) is 23.4. The summed E-state index contributed by atoms with van der Waals surface area (Å²) in [6, 6.07) is 12.5. The quantitative estimate of drug-likeness (QED) is 0.544. The second-order valence-corrected chi connectivity index (χ2v) is 9.17. The van der Waals surface area contributed by atoms with Crippen LogP contribution in [0.2, 0.25) is 0 Å². The normalized spacial score (nSPS) is 13.7. The highest BCUT2D eigenvalue weighted by atomic mass is 19.1. The summed E-state index contributed by atoms with van der Waals surface area (Å²) in [5.74, 6) is -2.19. The molecule has 6 nitrogen and oxygen atoms in total. The molecule has 1 aliphatic rings. The number of halogens is 2. The van der Waals surface area contributed by atoms with Crippen molar-refractivity contribution >= 4 is 17.7 Å². The molecule has 4 rings (SSSR count). The van der Waals surface area contributed by atoms with Crippen LogP contribution in [0.1, 0.15) is 43.5 Å². The van der Waals surface area contributed by atoms with Crippen LogP contribution in [0.15, 0.2) is 54.7 Å². The Bertz CT molecular complexity index is 1230. The van der Waals surface area contributed by atoms with Crippen LogP contribution in [0.3, 0.4) is 0 Å². The van der Waals surface area contributed by atoms with Crippen LogP contribution in [0.4, 0.5) is 19.3 Å². The van der Waals surface area contributed by atoms with Gasteiger partial charge in [-0.1, -0.05) is 12.1 Å². The Kier molecular flexibility index (Phi) is 6.32. The molecule has 3 aromatic rings. The van der Waals surface area contributed by atoms with Crippen LogP contribution < -0.4 is 10.6 Å². The second-order valence-electron chi connectivity index (χ2n) is 9.17. The fraction of sp³-hybridized carbons (Fsp3) is 0.269. The van der Waals surface area contributed by atoms with Crippen LogP contribution in [0.25, 0.3) is 11.1 Å². The monoisotopic (exact) mass is 465 g/mol. The second kappa shape index (κ2) is 9.21. The van der Waals surface area contributed by atoms with Crippen molar-refractivity contribution in [2.45, 2.75) is 38.7 Å². The predicted octanol–water partition coefficient (Wildman–Crippen LogP) is 5.18. The number of carbonyl (C=O) groups is 2. The summed E-state index contributed by atoms with van der Waals surface area (Å²) in [7, 11) is 0. The van der Waals surface area contributed by atoms with Gasteiger partial charge in [0.15, 0.2) is 0 Å². The smallest absolute Gasteiger partial charge is 0.407 e. The molecule has 0 bridgehead atoms. The van der Waals surface area contributed by atoms with Gasteiger partial charge >= 0.3 is 6.09 Å². The molecule has 0 saturated carbocycles. The fourth-order valence-corrected chi connectivity index (χ4v) is 3.98. The summed E-state index contributed by atoms with van der Waals surface area (Å²) in [6.07, 6.45) is 1.22. The maximum Gasteiger partial charge on any atom is 0.407 e. The van der Waals surface area contributed by atoms with Gasteiger partial charge in [0.2, 0.25) is 5.91 Å². The summed E-state index contributed by atoms with van der Waals surface area (Å²) < 4.78 is 33.6. The van der Waals surface area contributed by atoms with Crippen molar-refractivity contribution in [3.8, 4) is 11.1 Å². The van der Waals surface area contributed by atoms with Gasteiger partial charge in [0.25, 0.3) is 0 Å². The van der Waals surface area contributed by atoms with Crippen molar-refractivity contribution in [3.05, 3.63) is 83.2 Å². The SMILES string of the molecule is CC(C)(C)OC(=O)NC[C@H](c1cc(F)cc(F)c1)c1ncccc1-c1ccc2c(c1)CC(=O)N2. The van der Waals surface area contributed by atoms with Crippen LogP contribution >= 0.6 is 0 Å². The summed E-state index contributed by atoms with van der Waals surface area (Å²) >= 11 is 0. The molecule has 0 fully saturated rings. The number of ether oxygens (including phenoxy) is 1. The third kappa shape index (κ3) is 5.39. The molecule has 2 amide bonds. The Balaban J connectivity index is 1.74. The van der Waals surface area contributed by atoms with E-state index in [0.717, 1.165) is 28.4 Å². The standard InChI is InChI=1S/C26H25F2N3O3/c1-26(2,3)34-25(33)30-14-21(16-10-18(27)13-19(28)11-16)24-20(5-4-8-29-24)15-6-7-22-17(9-15)12-23(32)31-22/h4-11,13,21H,12,14H2,1-3H3,(H,30,33)(H,31,32)/t21-/m1/s1. The zero-order chi connectivity index (χ0) is 24.5. The van der Waals surface area contributed by atoms with Gasteiger partial charge in [0.1, 0.15) is 17.2 Å². The lowest BCUT2D eigenvalue weighted by molar-refractivity contribution is -0.115. The molecule has 0 unspecified atom stereocenters. The molecule has 1 aromatic heterocycles. The molecule has 176 valence electrons. The average Bonchev–Trinajstić information content (AvgIpc) is 3.11. The van der Waals surface area contributed by atoms with Crippen molar-refractivity contribution in [1.29, 1.82) is 0 Å². The zero-order valence-electron chi connectivity index (χ0n) is 19.1. The van der Waals surface area contributed by atoms with E-state index in [9.17, 15) is 18.4 Å². The molecule has 0 radical (unpaired) electrons. The summed E-state index contributed by atoms with van der Waals surface area (Å²) in [4.78, 5) is 28.6. The highest BCUT2D eigenvalue weighted by Gasteiger charge is 2.25. The molecule has 8 heteroatoms. The summed E-state index contributed by atoms with van der Waals surface area (Å²) in [5, 5.41) is 5.50. The maximum atomic E-state index is 14.1. The molecule has 2 aromatic carbocycles. The van der Waals surface area contributed by atoms with E-state index >= 15 is 0 Å². The lowest BCUT2D eigenvalue weighted by atomic mass is 9.89. The molecule has 1 aliphatic heterocycles. The average molecular weight is 466 g/mol. The third-order valence-corrected chi connectivity index (χ3v) is 5.35. The molecule has 0 aliphatic carbocycles. The van der Waals surface area contributed by atoms with E-state index < -0.39 is 29.2 Å². The minimum Gasteiger partial charge on any atom is -0.444 e. The first-order chi connectivity index (χ1) is 16.1. The van der Waals surface area contributed by atoms with E-state index in [1.807, 2.05) is 24.3 Å². The number of nitrogens with zero attached hydrogens (tertiary/aromatic N) is 1. The third-order valence-electron chi connectivity index (χ3n) is 5.35.